The third kappa shape index (κ3) is 4.84. The third-order valence-electron chi connectivity index (χ3n) is 5.18. The molecule has 6 nitrogen and oxygen atoms in total. The maximum atomic E-state index is 12.8. The second kappa shape index (κ2) is 8.97. The molecule has 0 unspecified atom stereocenters. The van der Waals surface area contributed by atoms with Crippen molar-refractivity contribution in [2.75, 3.05) is 39.3 Å². The summed E-state index contributed by atoms with van der Waals surface area (Å²) in [5.74, 6) is -0.206. The monoisotopic (exact) mass is 379 g/mol. The fraction of sp³-hybridized carbons (Fsp3) is 0.632. The Bertz CT molecular complexity index is 708. The summed E-state index contributed by atoms with van der Waals surface area (Å²) < 4.78 is 27.0. The predicted molar refractivity (Wildman–Crippen MR) is 102 cm³/mol. The second-order valence-corrected chi connectivity index (χ2v) is 9.09. The SMILES string of the molecule is O=C(NCCCN1CCCC1)c1cccc(S(=O)(=O)N2CCCCC2)c1. The van der Waals surface area contributed by atoms with E-state index in [1.165, 1.54) is 23.2 Å². The molecule has 2 saturated heterocycles. The van der Waals surface area contributed by atoms with Crippen LogP contribution in [0.25, 0.3) is 0 Å². The molecule has 0 atom stereocenters. The van der Waals surface area contributed by atoms with Gasteiger partial charge in [0.05, 0.1) is 4.90 Å². The summed E-state index contributed by atoms with van der Waals surface area (Å²) in [5.41, 5.74) is 0.407. The standard InChI is InChI=1S/C19H29N3O3S/c23-19(20-10-7-13-21-11-4-5-12-21)17-8-6-9-18(16-17)26(24,25)22-14-2-1-3-15-22/h6,8-9,16H,1-5,7,10-15H2,(H,20,23). The first kappa shape index (κ1) is 19.3. The topological polar surface area (TPSA) is 69.7 Å². The third-order valence-corrected chi connectivity index (χ3v) is 7.08. The molecule has 1 aromatic carbocycles. The van der Waals surface area contributed by atoms with Crippen molar-refractivity contribution in [3.63, 3.8) is 0 Å². The molecule has 0 radical (unpaired) electrons. The zero-order valence-corrected chi connectivity index (χ0v) is 16.1. The molecule has 2 heterocycles. The van der Waals surface area contributed by atoms with Gasteiger partial charge in [0.15, 0.2) is 0 Å². The lowest BCUT2D eigenvalue weighted by Crippen LogP contribution is -2.35. The van der Waals surface area contributed by atoms with Crippen LogP contribution in [-0.2, 0) is 10.0 Å². The average molecular weight is 380 g/mol. The number of carbonyl (C=O) groups excluding carboxylic acids is 1. The van der Waals surface area contributed by atoms with E-state index in [9.17, 15) is 13.2 Å². The van der Waals surface area contributed by atoms with E-state index >= 15 is 0 Å². The number of hydrogen-bond acceptors (Lipinski definition) is 4. The molecule has 144 valence electrons. The molecule has 7 heteroatoms. The fourth-order valence-corrected chi connectivity index (χ4v) is 5.23. The molecule has 1 amide bonds. The van der Waals surface area contributed by atoms with Crippen molar-refractivity contribution in [2.24, 2.45) is 0 Å². The van der Waals surface area contributed by atoms with Gasteiger partial charge in [0, 0.05) is 25.2 Å². The Morgan fingerprint density at radius 3 is 2.42 bits per heavy atom. The van der Waals surface area contributed by atoms with Crippen LogP contribution in [-0.4, -0.2) is 62.8 Å². The minimum Gasteiger partial charge on any atom is -0.352 e. The van der Waals surface area contributed by atoms with Crippen molar-refractivity contribution >= 4 is 15.9 Å². The van der Waals surface area contributed by atoms with Crippen LogP contribution in [0.3, 0.4) is 0 Å². The van der Waals surface area contributed by atoms with Gasteiger partial charge < -0.3 is 10.2 Å². The predicted octanol–water partition coefficient (Wildman–Crippen LogP) is 2.08. The largest absolute Gasteiger partial charge is 0.352 e. The lowest BCUT2D eigenvalue weighted by atomic mass is 10.2. The van der Waals surface area contributed by atoms with E-state index in [-0.39, 0.29) is 10.8 Å². The second-order valence-electron chi connectivity index (χ2n) is 7.15. The van der Waals surface area contributed by atoms with Gasteiger partial charge in [-0.25, -0.2) is 8.42 Å². The number of benzene rings is 1. The Balaban J connectivity index is 1.56. The summed E-state index contributed by atoms with van der Waals surface area (Å²) in [4.78, 5) is 15.0. The van der Waals surface area contributed by atoms with Crippen molar-refractivity contribution in [1.82, 2.24) is 14.5 Å². The summed E-state index contributed by atoms with van der Waals surface area (Å²) in [6.45, 7) is 5.06. The number of nitrogens with zero attached hydrogens (tertiary/aromatic N) is 2. The highest BCUT2D eigenvalue weighted by Crippen LogP contribution is 2.21. The highest BCUT2D eigenvalue weighted by atomic mass is 32.2. The molecule has 2 fully saturated rings. The molecular formula is C19H29N3O3S. The van der Waals surface area contributed by atoms with Crippen molar-refractivity contribution in [3.8, 4) is 0 Å². The first-order chi connectivity index (χ1) is 12.6. The molecule has 0 aromatic heterocycles. The van der Waals surface area contributed by atoms with E-state index in [0.717, 1.165) is 45.3 Å². The van der Waals surface area contributed by atoms with Gasteiger partial charge in [0.2, 0.25) is 10.0 Å². The van der Waals surface area contributed by atoms with E-state index in [4.69, 9.17) is 0 Å². The van der Waals surface area contributed by atoms with Crippen molar-refractivity contribution in [1.29, 1.82) is 0 Å². The smallest absolute Gasteiger partial charge is 0.251 e. The highest BCUT2D eigenvalue weighted by Gasteiger charge is 2.26. The van der Waals surface area contributed by atoms with E-state index in [2.05, 4.69) is 10.2 Å². The molecule has 1 N–H and O–H groups in total. The highest BCUT2D eigenvalue weighted by molar-refractivity contribution is 7.89. The van der Waals surface area contributed by atoms with Crippen LogP contribution in [0, 0.1) is 0 Å². The van der Waals surface area contributed by atoms with Gasteiger partial charge in [0.1, 0.15) is 0 Å². The summed E-state index contributed by atoms with van der Waals surface area (Å²) >= 11 is 0. The van der Waals surface area contributed by atoms with E-state index in [0.29, 0.717) is 25.2 Å². The van der Waals surface area contributed by atoms with Crippen LogP contribution >= 0.6 is 0 Å². The summed E-state index contributed by atoms with van der Waals surface area (Å²) in [7, 11) is -3.51. The minimum atomic E-state index is -3.51. The Labute approximate surface area is 156 Å². The average Bonchev–Trinajstić information content (AvgIpc) is 3.19. The lowest BCUT2D eigenvalue weighted by molar-refractivity contribution is 0.0952. The van der Waals surface area contributed by atoms with Gasteiger partial charge in [-0.2, -0.15) is 4.31 Å². The van der Waals surface area contributed by atoms with Crippen molar-refractivity contribution in [3.05, 3.63) is 29.8 Å². The molecule has 26 heavy (non-hydrogen) atoms. The summed E-state index contributed by atoms with van der Waals surface area (Å²) in [6, 6.07) is 6.40. The fourth-order valence-electron chi connectivity index (χ4n) is 3.66. The summed E-state index contributed by atoms with van der Waals surface area (Å²) in [5, 5.41) is 2.91. The Morgan fingerprint density at radius 2 is 1.69 bits per heavy atom. The van der Waals surface area contributed by atoms with Crippen LogP contribution in [0.2, 0.25) is 0 Å². The molecule has 1 aromatic rings. The van der Waals surface area contributed by atoms with Gasteiger partial charge in [-0.1, -0.05) is 12.5 Å². The van der Waals surface area contributed by atoms with Crippen LogP contribution in [0.1, 0.15) is 48.9 Å². The molecule has 2 aliphatic rings. The molecule has 2 aliphatic heterocycles. The van der Waals surface area contributed by atoms with Crippen LogP contribution < -0.4 is 5.32 Å². The lowest BCUT2D eigenvalue weighted by Gasteiger charge is -2.26. The number of likely N-dealkylation sites (tertiary alicyclic amines) is 1. The van der Waals surface area contributed by atoms with Crippen molar-refractivity contribution in [2.45, 2.75) is 43.4 Å². The number of carbonyl (C=O) groups is 1. The number of piperidine rings is 1. The number of hydrogen-bond donors (Lipinski definition) is 1. The van der Waals surface area contributed by atoms with E-state index in [1.54, 1.807) is 18.2 Å². The Hall–Kier alpha value is -1.44. The maximum absolute atomic E-state index is 12.8. The maximum Gasteiger partial charge on any atom is 0.251 e. The van der Waals surface area contributed by atoms with Crippen LogP contribution in [0.15, 0.2) is 29.2 Å². The molecular weight excluding hydrogens is 350 g/mol. The zero-order valence-electron chi connectivity index (χ0n) is 15.3. The van der Waals surface area contributed by atoms with Crippen LogP contribution in [0.5, 0.6) is 0 Å². The zero-order chi connectivity index (χ0) is 18.4. The van der Waals surface area contributed by atoms with E-state index < -0.39 is 10.0 Å². The number of nitrogens with one attached hydrogen (secondary N) is 1. The number of rotatable bonds is 7. The van der Waals surface area contributed by atoms with Gasteiger partial charge in [0.25, 0.3) is 5.91 Å². The molecule has 3 rings (SSSR count). The Kier molecular flexibility index (Phi) is 6.67. The molecule has 0 saturated carbocycles. The van der Waals surface area contributed by atoms with Crippen molar-refractivity contribution < 1.29 is 13.2 Å². The molecule has 0 bridgehead atoms. The van der Waals surface area contributed by atoms with Gasteiger partial charge in [-0.15, -0.1) is 0 Å². The normalized spacial score (nSPS) is 19.5. The number of amides is 1. The van der Waals surface area contributed by atoms with Gasteiger partial charge >= 0.3 is 0 Å². The molecule has 0 aliphatic carbocycles. The van der Waals surface area contributed by atoms with Gasteiger partial charge in [-0.3, -0.25) is 4.79 Å². The quantitative estimate of drug-likeness (QED) is 0.737. The first-order valence-electron chi connectivity index (χ1n) is 9.68. The summed E-state index contributed by atoms with van der Waals surface area (Å²) in [6.07, 6.45) is 6.32. The molecule has 0 spiro atoms. The van der Waals surface area contributed by atoms with Crippen LogP contribution in [0.4, 0.5) is 0 Å². The minimum absolute atomic E-state index is 0.206. The Morgan fingerprint density at radius 1 is 1.00 bits per heavy atom. The first-order valence-corrected chi connectivity index (χ1v) is 11.1. The number of sulfonamides is 1. The van der Waals surface area contributed by atoms with Gasteiger partial charge in [-0.05, 0) is 69.9 Å². The van der Waals surface area contributed by atoms with E-state index in [1.807, 2.05) is 0 Å².